The van der Waals surface area contributed by atoms with Crippen LogP contribution in [0, 0.1) is 0 Å². The van der Waals surface area contributed by atoms with Crippen molar-refractivity contribution >= 4 is 17.7 Å². The summed E-state index contributed by atoms with van der Waals surface area (Å²) in [6, 6.07) is -0.410. The zero-order valence-electron chi connectivity index (χ0n) is 11.5. The molecule has 0 saturated heterocycles. The van der Waals surface area contributed by atoms with Crippen molar-refractivity contribution in [3.8, 4) is 0 Å². The molecule has 0 aliphatic heterocycles. The fraction of sp³-hybridized carbons (Fsp3) is 0.583. The summed E-state index contributed by atoms with van der Waals surface area (Å²) >= 11 is 0. The number of hydrogen-bond donors (Lipinski definition) is 2. The predicted octanol–water partition coefficient (Wildman–Crippen LogP) is 1.31. The number of hydrogen-bond acceptors (Lipinski definition) is 3. The molecule has 106 valence electrons. The molecule has 0 aromatic carbocycles. The first-order valence-electron chi connectivity index (χ1n) is 6.28. The first kappa shape index (κ1) is 15.0. The number of nitrogens with zero attached hydrogens (tertiary/aromatic N) is 3. The molecule has 0 fully saturated rings. The highest BCUT2D eigenvalue weighted by Gasteiger charge is 2.17. The SMILES string of the molecule is CCCN(CC(=O)O)C(=O)Nc1cn(C)nc1CC. The van der Waals surface area contributed by atoms with E-state index in [1.165, 1.54) is 4.90 Å². The largest absolute Gasteiger partial charge is 0.480 e. The number of aryl methyl sites for hydroxylation is 2. The summed E-state index contributed by atoms with van der Waals surface area (Å²) in [5, 5.41) is 15.7. The third-order valence-corrected chi connectivity index (χ3v) is 2.59. The summed E-state index contributed by atoms with van der Waals surface area (Å²) in [5.41, 5.74) is 1.41. The van der Waals surface area contributed by atoms with E-state index < -0.39 is 12.0 Å². The molecule has 7 heteroatoms. The fourth-order valence-electron chi connectivity index (χ4n) is 1.78. The van der Waals surface area contributed by atoms with Gasteiger partial charge in [-0.3, -0.25) is 9.48 Å². The Hall–Kier alpha value is -2.05. The van der Waals surface area contributed by atoms with Crippen LogP contribution in [0.25, 0.3) is 0 Å². The lowest BCUT2D eigenvalue weighted by Crippen LogP contribution is -2.39. The first-order valence-corrected chi connectivity index (χ1v) is 6.28. The molecule has 2 amide bonds. The number of aromatic nitrogens is 2. The van der Waals surface area contributed by atoms with Crippen molar-refractivity contribution in [2.45, 2.75) is 26.7 Å². The Morgan fingerprint density at radius 2 is 2.16 bits per heavy atom. The van der Waals surface area contributed by atoms with Gasteiger partial charge in [0.15, 0.2) is 0 Å². The second-order valence-electron chi connectivity index (χ2n) is 4.26. The minimum atomic E-state index is -1.02. The van der Waals surface area contributed by atoms with Gasteiger partial charge in [-0.1, -0.05) is 13.8 Å². The molecule has 0 saturated carbocycles. The van der Waals surface area contributed by atoms with Gasteiger partial charge in [-0.25, -0.2) is 4.79 Å². The minimum Gasteiger partial charge on any atom is -0.480 e. The van der Waals surface area contributed by atoms with Crippen LogP contribution in [0.1, 0.15) is 26.0 Å². The van der Waals surface area contributed by atoms with Gasteiger partial charge in [0.1, 0.15) is 6.54 Å². The second-order valence-corrected chi connectivity index (χ2v) is 4.26. The molecule has 19 heavy (non-hydrogen) atoms. The normalized spacial score (nSPS) is 10.3. The van der Waals surface area contributed by atoms with Crippen LogP contribution in [0.15, 0.2) is 6.20 Å². The summed E-state index contributed by atoms with van der Waals surface area (Å²) in [7, 11) is 1.77. The lowest BCUT2D eigenvalue weighted by Gasteiger charge is -2.20. The minimum absolute atomic E-state index is 0.304. The van der Waals surface area contributed by atoms with Gasteiger partial charge in [-0.2, -0.15) is 5.10 Å². The van der Waals surface area contributed by atoms with Crippen LogP contribution in [0.4, 0.5) is 10.5 Å². The molecule has 0 atom stereocenters. The molecule has 1 aromatic heterocycles. The third-order valence-electron chi connectivity index (χ3n) is 2.59. The van der Waals surface area contributed by atoms with E-state index in [9.17, 15) is 9.59 Å². The van der Waals surface area contributed by atoms with Crippen LogP contribution in [-0.2, 0) is 18.3 Å². The number of carbonyl (C=O) groups is 2. The zero-order valence-corrected chi connectivity index (χ0v) is 11.5. The van der Waals surface area contributed by atoms with Crippen molar-refractivity contribution in [3.63, 3.8) is 0 Å². The highest BCUT2D eigenvalue weighted by Crippen LogP contribution is 2.14. The first-order chi connectivity index (χ1) is 8.97. The molecular formula is C12H20N4O3. The molecule has 0 spiro atoms. The molecule has 1 aromatic rings. The van der Waals surface area contributed by atoms with Crippen LogP contribution in [0.3, 0.4) is 0 Å². The monoisotopic (exact) mass is 268 g/mol. The van der Waals surface area contributed by atoms with Crippen LogP contribution >= 0.6 is 0 Å². The van der Waals surface area contributed by atoms with Crippen molar-refractivity contribution in [3.05, 3.63) is 11.9 Å². The van der Waals surface area contributed by atoms with Crippen LogP contribution in [0.5, 0.6) is 0 Å². The molecule has 1 rings (SSSR count). The van der Waals surface area contributed by atoms with Gasteiger partial charge in [0.05, 0.1) is 11.4 Å². The average molecular weight is 268 g/mol. The van der Waals surface area contributed by atoms with E-state index in [-0.39, 0.29) is 6.54 Å². The van der Waals surface area contributed by atoms with E-state index in [1.807, 2.05) is 13.8 Å². The molecule has 7 nitrogen and oxygen atoms in total. The maximum atomic E-state index is 12.0. The van der Waals surface area contributed by atoms with Gasteiger partial charge < -0.3 is 15.3 Å². The lowest BCUT2D eigenvalue weighted by atomic mass is 10.3. The maximum Gasteiger partial charge on any atom is 0.323 e. The van der Waals surface area contributed by atoms with Crippen molar-refractivity contribution in [1.29, 1.82) is 0 Å². The van der Waals surface area contributed by atoms with Crippen molar-refractivity contribution in [2.75, 3.05) is 18.4 Å². The molecule has 2 N–H and O–H groups in total. The van der Waals surface area contributed by atoms with E-state index in [0.29, 0.717) is 25.1 Å². The highest BCUT2D eigenvalue weighted by molar-refractivity contribution is 5.91. The van der Waals surface area contributed by atoms with Crippen molar-refractivity contribution in [2.24, 2.45) is 7.05 Å². The molecule has 0 aliphatic carbocycles. The average Bonchev–Trinajstić information content (AvgIpc) is 2.68. The molecule has 0 radical (unpaired) electrons. The van der Waals surface area contributed by atoms with Gasteiger partial charge in [0, 0.05) is 19.8 Å². The lowest BCUT2D eigenvalue weighted by molar-refractivity contribution is -0.137. The number of nitrogens with one attached hydrogen (secondary N) is 1. The van der Waals surface area contributed by atoms with Gasteiger partial charge in [-0.05, 0) is 12.8 Å². The number of urea groups is 1. The van der Waals surface area contributed by atoms with Gasteiger partial charge >= 0.3 is 12.0 Å². The maximum absolute atomic E-state index is 12.0. The Morgan fingerprint density at radius 3 is 2.68 bits per heavy atom. The highest BCUT2D eigenvalue weighted by atomic mass is 16.4. The van der Waals surface area contributed by atoms with Crippen LogP contribution in [0.2, 0.25) is 0 Å². The fourth-order valence-corrected chi connectivity index (χ4v) is 1.78. The summed E-state index contributed by atoms with van der Waals surface area (Å²) in [4.78, 5) is 24.0. The summed E-state index contributed by atoms with van der Waals surface area (Å²) in [6.45, 7) is 3.93. The molecule has 0 aliphatic rings. The van der Waals surface area contributed by atoms with Crippen molar-refractivity contribution < 1.29 is 14.7 Å². The molecule has 0 bridgehead atoms. The number of aliphatic carboxylic acids is 1. The summed E-state index contributed by atoms with van der Waals surface area (Å²) in [6.07, 6.45) is 3.11. The molecule has 0 unspecified atom stereocenters. The van der Waals surface area contributed by atoms with E-state index >= 15 is 0 Å². The zero-order chi connectivity index (χ0) is 14.4. The second kappa shape index (κ2) is 6.77. The quantitative estimate of drug-likeness (QED) is 0.814. The topological polar surface area (TPSA) is 87.5 Å². The number of carboxylic acid groups (broad SMARTS) is 1. The molecule has 1 heterocycles. The van der Waals surface area contributed by atoms with Crippen molar-refractivity contribution in [1.82, 2.24) is 14.7 Å². The number of amides is 2. The smallest absolute Gasteiger partial charge is 0.323 e. The Morgan fingerprint density at radius 1 is 1.47 bits per heavy atom. The number of carboxylic acids is 1. The molecular weight excluding hydrogens is 248 g/mol. The third kappa shape index (κ3) is 4.27. The Bertz CT molecular complexity index is 456. The number of rotatable bonds is 6. The van der Waals surface area contributed by atoms with Crippen LogP contribution in [-0.4, -0.2) is 44.9 Å². The number of anilines is 1. The Balaban J connectivity index is 2.77. The van der Waals surface area contributed by atoms with Gasteiger partial charge in [0.25, 0.3) is 0 Å². The van der Waals surface area contributed by atoms with Gasteiger partial charge in [0.2, 0.25) is 0 Å². The standard InChI is InChI=1S/C12H20N4O3/c1-4-6-16(8-11(17)18)12(19)13-10-7-15(3)14-9(10)5-2/h7H,4-6,8H2,1-3H3,(H,13,19)(H,17,18). The van der Waals surface area contributed by atoms with E-state index in [1.54, 1.807) is 17.9 Å². The summed E-state index contributed by atoms with van der Waals surface area (Å²) in [5.74, 6) is -1.02. The van der Waals surface area contributed by atoms with E-state index in [0.717, 1.165) is 5.69 Å². The predicted molar refractivity (Wildman–Crippen MR) is 71.1 cm³/mol. The summed E-state index contributed by atoms with van der Waals surface area (Å²) < 4.78 is 1.62. The van der Waals surface area contributed by atoms with Crippen LogP contribution < -0.4 is 5.32 Å². The Labute approximate surface area is 112 Å². The van der Waals surface area contributed by atoms with Gasteiger partial charge in [-0.15, -0.1) is 0 Å². The van der Waals surface area contributed by atoms with E-state index in [2.05, 4.69) is 10.4 Å². The number of carbonyl (C=O) groups excluding carboxylic acids is 1. The van der Waals surface area contributed by atoms with E-state index in [4.69, 9.17) is 5.11 Å². The Kier molecular flexibility index (Phi) is 5.35.